The fourth-order valence-electron chi connectivity index (χ4n) is 0.805. The molecule has 0 spiro atoms. The zero-order valence-corrected chi connectivity index (χ0v) is 10.3. The molecule has 0 aliphatic carbocycles. The topological polar surface area (TPSA) is 25.8 Å². The van der Waals surface area contributed by atoms with Gasteiger partial charge in [0.2, 0.25) is 0 Å². The van der Waals surface area contributed by atoms with Gasteiger partial charge in [0.05, 0.1) is 4.70 Å². The molecule has 0 radical (unpaired) electrons. The van der Waals surface area contributed by atoms with Gasteiger partial charge in [-0.3, -0.25) is 0 Å². The fourth-order valence-corrected chi connectivity index (χ4v) is 2.87. The average Bonchev–Trinajstić information content (AvgIpc) is 2.45. The van der Waals surface area contributed by atoms with Crippen LogP contribution in [0.5, 0.6) is 0 Å². The van der Waals surface area contributed by atoms with Crippen LogP contribution in [-0.4, -0.2) is 9.59 Å². The van der Waals surface area contributed by atoms with E-state index in [-0.39, 0.29) is 0 Å². The van der Waals surface area contributed by atoms with Crippen molar-refractivity contribution in [2.24, 2.45) is 0 Å². The van der Waals surface area contributed by atoms with E-state index in [1.807, 2.05) is 0 Å². The Kier molecular flexibility index (Phi) is 2.28. The summed E-state index contributed by atoms with van der Waals surface area (Å²) in [4.78, 5) is 0. The van der Waals surface area contributed by atoms with E-state index in [9.17, 15) is 0 Å². The molecule has 0 aliphatic heterocycles. The molecule has 0 N–H and O–H groups in total. The minimum atomic E-state index is 1.03. The Morgan fingerprint density at radius 2 is 1.91 bits per heavy atom. The van der Waals surface area contributed by atoms with E-state index in [1.54, 1.807) is 0 Å². The number of halogens is 2. The Morgan fingerprint density at radius 3 is 2.64 bits per heavy atom. The highest BCUT2D eigenvalue weighted by Gasteiger charge is 2.05. The van der Waals surface area contributed by atoms with Crippen LogP contribution in [0.3, 0.4) is 0 Å². The van der Waals surface area contributed by atoms with E-state index >= 15 is 0 Å². The standard InChI is InChI=1S/C6H2I2N2S/c7-3-1-2-4(8)6-5(3)9-10-11-6/h1-2H. The Bertz CT molecular complexity index is 362. The minimum Gasteiger partial charge on any atom is -0.137 e. The molecule has 5 heteroatoms. The Balaban J connectivity index is 2.96. The summed E-state index contributed by atoms with van der Waals surface area (Å²) in [5, 5.41) is 4.04. The second-order valence-corrected chi connectivity index (χ2v) is 5.06. The molecule has 0 fully saturated rings. The monoisotopic (exact) mass is 388 g/mol. The maximum Gasteiger partial charge on any atom is 0.120 e. The van der Waals surface area contributed by atoms with Crippen molar-refractivity contribution >= 4 is 66.9 Å². The molecule has 2 aromatic rings. The van der Waals surface area contributed by atoms with Crippen LogP contribution in [0.15, 0.2) is 12.1 Å². The predicted octanol–water partition coefficient (Wildman–Crippen LogP) is 2.90. The molecule has 1 aromatic heterocycles. The molecule has 0 unspecified atom stereocenters. The highest BCUT2D eigenvalue weighted by Crippen LogP contribution is 2.25. The van der Waals surface area contributed by atoms with Gasteiger partial charge in [0, 0.05) is 7.14 Å². The molecule has 0 bridgehead atoms. The second-order valence-electron chi connectivity index (χ2n) is 1.98. The highest BCUT2D eigenvalue weighted by atomic mass is 127. The number of hydrogen-bond donors (Lipinski definition) is 0. The van der Waals surface area contributed by atoms with Gasteiger partial charge in [-0.15, -0.1) is 5.10 Å². The zero-order chi connectivity index (χ0) is 7.84. The number of benzene rings is 1. The van der Waals surface area contributed by atoms with Crippen molar-refractivity contribution in [3.63, 3.8) is 0 Å². The van der Waals surface area contributed by atoms with Crippen molar-refractivity contribution in [2.75, 3.05) is 0 Å². The molecule has 0 saturated heterocycles. The van der Waals surface area contributed by atoms with Crippen LogP contribution in [0, 0.1) is 7.14 Å². The van der Waals surface area contributed by atoms with Crippen molar-refractivity contribution in [3.05, 3.63) is 19.3 Å². The lowest BCUT2D eigenvalue weighted by Gasteiger charge is -1.92. The molecule has 0 atom stereocenters. The number of nitrogens with zero attached hydrogens (tertiary/aromatic N) is 2. The molecule has 0 amide bonds. The summed E-state index contributed by atoms with van der Waals surface area (Å²) < 4.78 is 7.50. The maximum atomic E-state index is 4.04. The molecule has 1 aromatic carbocycles. The number of aromatic nitrogens is 2. The largest absolute Gasteiger partial charge is 0.137 e. The fraction of sp³-hybridized carbons (Fsp3) is 0. The summed E-state index contributed by atoms with van der Waals surface area (Å²) in [6, 6.07) is 4.15. The lowest BCUT2D eigenvalue weighted by atomic mass is 10.3. The maximum absolute atomic E-state index is 4.04. The number of hydrogen-bond acceptors (Lipinski definition) is 3. The number of rotatable bonds is 0. The Hall–Kier alpha value is 0.500. The van der Waals surface area contributed by atoms with E-state index in [1.165, 1.54) is 23.4 Å². The van der Waals surface area contributed by atoms with Gasteiger partial charge in [-0.05, 0) is 68.8 Å². The SMILES string of the molecule is Ic1ccc(I)c2snnc12. The summed E-state index contributed by atoms with van der Waals surface area (Å²) in [5.41, 5.74) is 1.03. The van der Waals surface area contributed by atoms with Crippen LogP contribution in [0.1, 0.15) is 0 Å². The molecular formula is C6H2I2N2S. The van der Waals surface area contributed by atoms with E-state index in [0.717, 1.165) is 5.52 Å². The first-order valence-corrected chi connectivity index (χ1v) is 5.78. The van der Waals surface area contributed by atoms with Crippen LogP contribution >= 0.6 is 56.7 Å². The molecule has 0 saturated carbocycles. The third-order valence-electron chi connectivity index (χ3n) is 1.31. The van der Waals surface area contributed by atoms with Crippen LogP contribution in [0.2, 0.25) is 0 Å². The molecule has 1 heterocycles. The second kappa shape index (κ2) is 3.09. The lowest BCUT2D eigenvalue weighted by Crippen LogP contribution is -1.77. The highest BCUT2D eigenvalue weighted by molar-refractivity contribution is 14.1. The summed E-state index contributed by atoms with van der Waals surface area (Å²) in [5.74, 6) is 0. The van der Waals surface area contributed by atoms with E-state index < -0.39 is 0 Å². The summed E-state index contributed by atoms with van der Waals surface area (Å²) in [6.07, 6.45) is 0. The van der Waals surface area contributed by atoms with Crippen molar-refractivity contribution in [1.82, 2.24) is 9.59 Å². The Labute approximate surface area is 94.8 Å². The lowest BCUT2D eigenvalue weighted by molar-refractivity contribution is 1.19. The summed E-state index contributed by atoms with van der Waals surface area (Å²) in [7, 11) is 0. The smallest absolute Gasteiger partial charge is 0.120 e. The molecule has 2 nitrogen and oxygen atoms in total. The van der Waals surface area contributed by atoms with Gasteiger partial charge in [0.1, 0.15) is 5.52 Å². The van der Waals surface area contributed by atoms with Gasteiger partial charge in [-0.2, -0.15) is 0 Å². The van der Waals surface area contributed by atoms with Gasteiger partial charge in [0.25, 0.3) is 0 Å². The van der Waals surface area contributed by atoms with E-state index in [4.69, 9.17) is 0 Å². The first kappa shape index (κ1) is 8.11. The first-order valence-electron chi connectivity index (χ1n) is 2.85. The Morgan fingerprint density at radius 1 is 1.18 bits per heavy atom. The van der Waals surface area contributed by atoms with Gasteiger partial charge in [-0.1, -0.05) is 4.49 Å². The van der Waals surface area contributed by atoms with Crippen molar-refractivity contribution in [1.29, 1.82) is 0 Å². The van der Waals surface area contributed by atoms with Crippen molar-refractivity contribution in [3.8, 4) is 0 Å². The van der Waals surface area contributed by atoms with Crippen LogP contribution < -0.4 is 0 Å². The normalized spacial score (nSPS) is 10.7. The van der Waals surface area contributed by atoms with Gasteiger partial charge in [0.15, 0.2) is 0 Å². The van der Waals surface area contributed by atoms with E-state index in [0.29, 0.717) is 0 Å². The van der Waals surface area contributed by atoms with Crippen molar-refractivity contribution < 1.29 is 0 Å². The molecule has 2 rings (SSSR count). The minimum absolute atomic E-state index is 1.03. The average molecular weight is 388 g/mol. The third-order valence-corrected chi connectivity index (χ3v) is 4.20. The first-order chi connectivity index (χ1) is 5.29. The third kappa shape index (κ3) is 1.37. The summed E-state index contributed by atoms with van der Waals surface area (Å²) >= 11 is 6.03. The van der Waals surface area contributed by atoms with E-state index in [2.05, 4.69) is 66.9 Å². The molecule has 11 heavy (non-hydrogen) atoms. The van der Waals surface area contributed by atoms with Gasteiger partial charge >= 0.3 is 0 Å². The van der Waals surface area contributed by atoms with Crippen LogP contribution in [0.25, 0.3) is 10.2 Å². The van der Waals surface area contributed by atoms with Gasteiger partial charge < -0.3 is 0 Å². The zero-order valence-electron chi connectivity index (χ0n) is 5.21. The quantitative estimate of drug-likeness (QED) is 0.649. The predicted molar refractivity (Wildman–Crippen MR) is 62.8 cm³/mol. The molecule has 0 aliphatic rings. The van der Waals surface area contributed by atoms with Gasteiger partial charge in [-0.25, -0.2) is 0 Å². The number of fused-ring (bicyclic) bond motifs is 1. The molecule has 56 valence electrons. The van der Waals surface area contributed by atoms with Crippen molar-refractivity contribution in [2.45, 2.75) is 0 Å². The van der Waals surface area contributed by atoms with Crippen LogP contribution in [0.4, 0.5) is 0 Å². The summed E-state index contributed by atoms with van der Waals surface area (Å²) in [6.45, 7) is 0. The van der Waals surface area contributed by atoms with Crippen LogP contribution in [-0.2, 0) is 0 Å². The molecular weight excluding hydrogens is 386 g/mol.